The first-order valence-corrected chi connectivity index (χ1v) is 8.73. The SMILES string of the molecule is Fc1ccc(F)c2c1CCN(Cc1nnc(-c3c(Cl)cccc3Cl)o1)C2. The lowest BCUT2D eigenvalue weighted by Crippen LogP contribution is -2.31. The molecule has 8 heteroatoms. The van der Waals surface area contributed by atoms with Gasteiger partial charge in [0.25, 0.3) is 5.89 Å². The smallest absolute Gasteiger partial charge is 0.250 e. The maximum Gasteiger partial charge on any atom is 0.250 e. The van der Waals surface area contributed by atoms with Gasteiger partial charge in [-0.15, -0.1) is 10.2 Å². The van der Waals surface area contributed by atoms with E-state index in [1.54, 1.807) is 18.2 Å². The van der Waals surface area contributed by atoms with Crippen LogP contribution in [0.25, 0.3) is 11.5 Å². The molecule has 0 unspecified atom stereocenters. The van der Waals surface area contributed by atoms with Gasteiger partial charge in [0.15, 0.2) is 0 Å². The number of fused-ring (bicyclic) bond motifs is 1. The Kier molecular flexibility index (Phi) is 4.65. The predicted molar refractivity (Wildman–Crippen MR) is 93.9 cm³/mol. The molecule has 1 aromatic heterocycles. The van der Waals surface area contributed by atoms with Crippen LogP contribution < -0.4 is 0 Å². The van der Waals surface area contributed by atoms with Crippen molar-refractivity contribution in [2.75, 3.05) is 6.54 Å². The van der Waals surface area contributed by atoms with Crippen LogP contribution in [0.15, 0.2) is 34.7 Å². The second-order valence-corrected chi connectivity index (χ2v) is 6.86. The maximum absolute atomic E-state index is 14.0. The highest BCUT2D eigenvalue weighted by molar-refractivity contribution is 6.38. The molecule has 0 amide bonds. The molecule has 0 fully saturated rings. The number of benzene rings is 2. The quantitative estimate of drug-likeness (QED) is 0.633. The lowest BCUT2D eigenvalue weighted by atomic mass is 9.98. The number of hydrogen-bond acceptors (Lipinski definition) is 4. The third-order valence-corrected chi connectivity index (χ3v) is 5.01. The van der Waals surface area contributed by atoms with Gasteiger partial charge < -0.3 is 4.42 Å². The van der Waals surface area contributed by atoms with E-state index in [9.17, 15) is 8.78 Å². The summed E-state index contributed by atoms with van der Waals surface area (Å²) in [4.78, 5) is 1.93. The van der Waals surface area contributed by atoms with Gasteiger partial charge in [-0.05, 0) is 36.2 Å². The van der Waals surface area contributed by atoms with Crippen molar-refractivity contribution in [3.63, 3.8) is 0 Å². The van der Waals surface area contributed by atoms with Gasteiger partial charge in [-0.1, -0.05) is 29.3 Å². The molecule has 2 aromatic carbocycles. The van der Waals surface area contributed by atoms with Gasteiger partial charge >= 0.3 is 0 Å². The Hall–Kier alpha value is -2.02. The van der Waals surface area contributed by atoms with Crippen LogP contribution in [-0.2, 0) is 19.5 Å². The largest absolute Gasteiger partial charge is 0.419 e. The third kappa shape index (κ3) is 3.20. The first kappa shape index (κ1) is 17.4. The van der Waals surface area contributed by atoms with E-state index >= 15 is 0 Å². The Morgan fingerprint density at radius 1 is 1.00 bits per heavy atom. The van der Waals surface area contributed by atoms with E-state index in [-0.39, 0.29) is 18.3 Å². The van der Waals surface area contributed by atoms with Crippen molar-refractivity contribution in [2.45, 2.75) is 19.5 Å². The minimum Gasteiger partial charge on any atom is -0.419 e. The van der Waals surface area contributed by atoms with Crippen molar-refractivity contribution in [1.82, 2.24) is 15.1 Å². The number of nitrogens with zero attached hydrogens (tertiary/aromatic N) is 3. The summed E-state index contributed by atoms with van der Waals surface area (Å²) in [6.45, 7) is 1.17. The lowest BCUT2D eigenvalue weighted by Gasteiger charge is -2.27. The molecule has 1 aliphatic rings. The van der Waals surface area contributed by atoms with Crippen LogP contribution in [0, 0.1) is 11.6 Å². The zero-order chi connectivity index (χ0) is 18.3. The number of halogens is 4. The van der Waals surface area contributed by atoms with E-state index in [1.807, 2.05) is 4.90 Å². The molecule has 0 aliphatic carbocycles. The average molecular weight is 396 g/mol. The molecule has 4 rings (SSSR count). The summed E-state index contributed by atoms with van der Waals surface area (Å²) < 4.78 is 33.5. The molecule has 4 nitrogen and oxygen atoms in total. The molecule has 0 saturated heterocycles. The van der Waals surface area contributed by atoms with Gasteiger partial charge in [-0.25, -0.2) is 8.78 Å². The Morgan fingerprint density at radius 3 is 2.42 bits per heavy atom. The second kappa shape index (κ2) is 6.95. The summed E-state index contributed by atoms with van der Waals surface area (Å²) in [5.74, 6) is -0.184. The van der Waals surface area contributed by atoms with Crippen LogP contribution in [-0.4, -0.2) is 21.6 Å². The van der Waals surface area contributed by atoms with E-state index < -0.39 is 5.82 Å². The monoisotopic (exact) mass is 395 g/mol. The Labute approximate surface area is 158 Å². The number of hydrogen-bond donors (Lipinski definition) is 0. The standard InChI is InChI=1S/C18H13Cl2F2N3O/c19-12-2-1-3-13(20)17(12)18-24-23-16(26-18)9-25-7-6-10-11(8-25)15(22)5-4-14(10)21/h1-5H,6-9H2. The van der Waals surface area contributed by atoms with Gasteiger partial charge in [0.1, 0.15) is 11.6 Å². The number of aromatic nitrogens is 2. The first-order valence-electron chi connectivity index (χ1n) is 7.98. The molecule has 134 valence electrons. The van der Waals surface area contributed by atoms with Crippen LogP contribution >= 0.6 is 23.2 Å². The zero-order valence-corrected chi connectivity index (χ0v) is 15.0. The van der Waals surface area contributed by atoms with Gasteiger partial charge in [0, 0.05) is 18.7 Å². The molecule has 0 atom stereocenters. The Balaban J connectivity index is 1.55. The summed E-state index contributed by atoms with van der Waals surface area (Å²) in [5.41, 5.74) is 1.30. The van der Waals surface area contributed by atoms with E-state index in [0.29, 0.717) is 52.1 Å². The lowest BCUT2D eigenvalue weighted by molar-refractivity contribution is 0.216. The summed E-state index contributed by atoms with van der Waals surface area (Å²) in [5, 5.41) is 8.85. The van der Waals surface area contributed by atoms with Crippen molar-refractivity contribution in [3.05, 3.63) is 69.0 Å². The summed E-state index contributed by atoms with van der Waals surface area (Å²) in [6.07, 6.45) is 0.427. The average Bonchev–Trinajstić information content (AvgIpc) is 3.06. The third-order valence-electron chi connectivity index (χ3n) is 4.38. The Morgan fingerprint density at radius 2 is 1.69 bits per heavy atom. The van der Waals surface area contributed by atoms with E-state index in [4.69, 9.17) is 27.6 Å². The minimum absolute atomic E-state index is 0.227. The molecule has 26 heavy (non-hydrogen) atoms. The minimum atomic E-state index is -0.403. The summed E-state index contributed by atoms with van der Waals surface area (Å²) >= 11 is 12.3. The van der Waals surface area contributed by atoms with Gasteiger partial charge in [0.2, 0.25) is 5.89 Å². The molecular formula is C18H13Cl2F2N3O. The van der Waals surface area contributed by atoms with Crippen molar-refractivity contribution in [2.24, 2.45) is 0 Å². The van der Waals surface area contributed by atoms with E-state index in [1.165, 1.54) is 6.07 Å². The molecule has 2 heterocycles. The molecule has 3 aromatic rings. The fourth-order valence-corrected chi connectivity index (χ4v) is 3.66. The van der Waals surface area contributed by atoms with Gasteiger partial charge in [0.05, 0.1) is 22.2 Å². The van der Waals surface area contributed by atoms with Crippen LogP contribution in [0.5, 0.6) is 0 Å². The van der Waals surface area contributed by atoms with Crippen LogP contribution in [0.3, 0.4) is 0 Å². The molecule has 0 spiro atoms. The van der Waals surface area contributed by atoms with Crippen molar-refractivity contribution >= 4 is 23.2 Å². The summed E-state index contributed by atoms with van der Waals surface area (Å²) in [7, 11) is 0. The molecule has 0 bridgehead atoms. The highest BCUT2D eigenvalue weighted by atomic mass is 35.5. The topological polar surface area (TPSA) is 42.2 Å². The highest BCUT2D eigenvalue weighted by Crippen LogP contribution is 2.34. The fourth-order valence-electron chi connectivity index (χ4n) is 3.10. The zero-order valence-electron chi connectivity index (χ0n) is 13.5. The fraction of sp³-hybridized carbons (Fsp3) is 0.222. The van der Waals surface area contributed by atoms with E-state index in [0.717, 1.165) is 6.07 Å². The normalized spacial score (nSPS) is 14.5. The van der Waals surface area contributed by atoms with Crippen LogP contribution in [0.2, 0.25) is 10.0 Å². The molecule has 0 radical (unpaired) electrons. The maximum atomic E-state index is 14.0. The first-order chi connectivity index (χ1) is 12.5. The van der Waals surface area contributed by atoms with Crippen LogP contribution in [0.1, 0.15) is 17.0 Å². The van der Waals surface area contributed by atoms with Crippen molar-refractivity contribution < 1.29 is 13.2 Å². The summed E-state index contributed by atoms with van der Waals surface area (Å²) in [6, 6.07) is 7.42. The molecule has 0 saturated carbocycles. The predicted octanol–water partition coefficient (Wildman–Crippen LogP) is 4.88. The Bertz CT molecular complexity index is 957. The van der Waals surface area contributed by atoms with Crippen LogP contribution in [0.4, 0.5) is 8.78 Å². The van der Waals surface area contributed by atoms with Crippen molar-refractivity contribution in [1.29, 1.82) is 0 Å². The molecular weight excluding hydrogens is 383 g/mol. The second-order valence-electron chi connectivity index (χ2n) is 6.04. The van der Waals surface area contributed by atoms with Gasteiger partial charge in [-0.2, -0.15) is 0 Å². The highest BCUT2D eigenvalue weighted by Gasteiger charge is 2.24. The van der Waals surface area contributed by atoms with Gasteiger partial charge in [-0.3, -0.25) is 4.90 Å². The molecule has 1 aliphatic heterocycles. The number of rotatable bonds is 3. The van der Waals surface area contributed by atoms with Crippen molar-refractivity contribution in [3.8, 4) is 11.5 Å². The van der Waals surface area contributed by atoms with E-state index in [2.05, 4.69) is 10.2 Å². The molecule has 0 N–H and O–H groups in total.